The number of nitrogens with zero attached hydrogens (tertiary/aromatic N) is 2. The number of amides is 1. The van der Waals surface area contributed by atoms with E-state index in [1.807, 2.05) is 37.0 Å². The first-order valence-electron chi connectivity index (χ1n) is 8.18. The molecule has 1 aromatic carbocycles. The van der Waals surface area contributed by atoms with Crippen molar-refractivity contribution in [1.29, 1.82) is 0 Å². The molecule has 2 heterocycles. The molecule has 1 N–H and O–H groups in total. The average Bonchev–Trinajstić information content (AvgIpc) is 3.22. The minimum atomic E-state index is -0.00568. The summed E-state index contributed by atoms with van der Waals surface area (Å²) in [7, 11) is 4.09. The number of nitrogens with one attached hydrogen (secondary N) is 1. The molecule has 0 unspecified atom stereocenters. The highest BCUT2D eigenvalue weighted by Crippen LogP contribution is 2.32. The maximum Gasteiger partial charge on any atom is 0.226 e. The number of rotatable bonds is 7. The summed E-state index contributed by atoms with van der Waals surface area (Å²) in [5, 5.41) is 7.97. The SMILES string of the molecule is CN(C)Cc1ccccc1CNC(=O)Cc1csc(-c2cc(Br)cs2)n1. The quantitative estimate of drug-likeness (QED) is 0.574. The molecule has 0 radical (unpaired) electrons. The summed E-state index contributed by atoms with van der Waals surface area (Å²) in [5.41, 5.74) is 3.20. The Morgan fingerprint density at radius 1 is 1.19 bits per heavy atom. The van der Waals surface area contributed by atoms with E-state index in [0.717, 1.165) is 32.2 Å². The van der Waals surface area contributed by atoms with Gasteiger partial charge in [-0.05, 0) is 47.2 Å². The van der Waals surface area contributed by atoms with Gasteiger partial charge in [-0.3, -0.25) is 4.79 Å². The molecule has 136 valence electrons. The van der Waals surface area contributed by atoms with E-state index >= 15 is 0 Å². The molecular weight excluding hydrogens is 430 g/mol. The van der Waals surface area contributed by atoms with Crippen molar-refractivity contribution in [2.45, 2.75) is 19.5 Å². The number of aromatic nitrogens is 1. The van der Waals surface area contributed by atoms with Crippen LogP contribution in [0.5, 0.6) is 0 Å². The fourth-order valence-corrected chi connectivity index (χ4v) is 4.90. The Morgan fingerprint density at radius 3 is 2.65 bits per heavy atom. The van der Waals surface area contributed by atoms with Crippen LogP contribution in [0.4, 0.5) is 0 Å². The third-order valence-electron chi connectivity index (χ3n) is 3.75. The number of hydrogen-bond acceptors (Lipinski definition) is 5. The lowest BCUT2D eigenvalue weighted by Gasteiger charge is -2.14. The maximum absolute atomic E-state index is 12.3. The summed E-state index contributed by atoms with van der Waals surface area (Å²) < 4.78 is 1.06. The van der Waals surface area contributed by atoms with E-state index in [1.54, 1.807) is 22.7 Å². The zero-order valence-electron chi connectivity index (χ0n) is 14.7. The van der Waals surface area contributed by atoms with Gasteiger partial charge in [-0.1, -0.05) is 24.3 Å². The largest absolute Gasteiger partial charge is 0.352 e. The minimum Gasteiger partial charge on any atom is -0.352 e. The van der Waals surface area contributed by atoms with Gasteiger partial charge in [0.1, 0.15) is 5.01 Å². The number of thiazole rings is 1. The van der Waals surface area contributed by atoms with Crippen LogP contribution in [0, 0.1) is 0 Å². The van der Waals surface area contributed by atoms with Crippen LogP contribution in [-0.2, 0) is 24.3 Å². The molecule has 1 amide bonds. The molecule has 26 heavy (non-hydrogen) atoms. The summed E-state index contributed by atoms with van der Waals surface area (Å²) in [6.45, 7) is 1.40. The monoisotopic (exact) mass is 449 g/mol. The molecule has 3 rings (SSSR count). The second-order valence-corrected chi connectivity index (χ2v) is 8.92. The van der Waals surface area contributed by atoms with E-state index in [0.29, 0.717) is 13.0 Å². The second-order valence-electron chi connectivity index (χ2n) is 6.23. The van der Waals surface area contributed by atoms with Gasteiger partial charge in [-0.15, -0.1) is 22.7 Å². The van der Waals surface area contributed by atoms with Gasteiger partial charge < -0.3 is 10.2 Å². The molecular formula is C19H20BrN3OS2. The molecule has 4 nitrogen and oxygen atoms in total. The smallest absolute Gasteiger partial charge is 0.226 e. The van der Waals surface area contributed by atoms with E-state index in [-0.39, 0.29) is 5.91 Å². The Morgan fingerprint density at radius 2 is 1.96 bits per heavy atom. The number of carbonyl (C=O) groups is 1. The Labute approximate surface area is 170 Å². The molecule has 0 spiro atoms. The van der Waals surface area contributed by atoms with Gasteiger partial charge in [0, 0.05) is 28.3 Å². The number of halogens is 1. The van der Waals surface area contributed by atoms with Crippen molar-refractivity contribution < 1.29 is 4.79 Å². The average molecular weight is 450 g/mol. The van der Waals surface area contributed by atoms with Crippen molar-refractivity contribution in [3.8, 4) is 9.88 Å². The zero-order chi connectivity index (χ0) is 18.5. The maximum atomic E-state index is 12.3. The van der Waals surface area contributed by atoms with Gasteiger partial charge in [-0.2, -0.15) is 0 Å². The highest BCUT2D eigenvalue weighted by molar-refractivity contribution is 9.10. The van der Waals surface area contributed by atoms with Gasteiger partial charge in [0.2, 0.25) is 5.91 Å². The molecule has 0 fully saturated rings. The Bertz CT molecular complexity index is 888. The molecule has 0 bridgehead atoms. The van der Waals surface area contributed by atoms with Crippen LogP contribution in [-0.4, -0.2) is 29.9 Å². The van der Waals surface area contributed by atoms with Crippen molar-refractivity contribution in [2.24, 2.45) is 0 Å². The summed E-state index contributed by atoms with van der Waals surface area (Å²) >= 11 is 6.68. The van der Waals surface area contributed by atoms with Gasteiger partial charge in [0.05, 0.1) is 17.0 Å². The summed E-state index contributed by atoms with van der Waals surface area (Å²) in [4.78, 5) is 20.1. The predicted molar refractivity (Wildman–Crippen MR) is 113 cm³/mol. The standard InChI is InChI=1S/C19H20BrN3OS2/c1-23(2)10-14-6-4-3-5-13(14)9-21-18(24)8-16-12-26-19(22-16)17-7-15(20)11-25-17/h3-7,11-12H,8-10H2,1-2H3,(H,21,24). The normalized spacial score (nSPS) is 11.1. The minimum absolute atomic E-state index is 0.00568. The van der Waals surface area contributed by atoms with Crippen molar-refractivity contribution in [2.75, 3.05) is 14.1 Å². The second kappa shape index (κ2) is 8.90. The number of hydrogen-bond donors (Lipinski definition) is 1. The number of benzene rings is 1. The topological polar surface area (TPSA) is 45.2 Å². The van der Waals surface area contributed by atoms with Gasteiger partial charge in [-0.25, -0.2) is 4.98 Å². The van der Waals surface area contributed by atoms with E-state index in [2.05, 4.69) is 49.3 Å². The molecule has 3 aromatic rings. The van der Waals surface area contributed by atoms with E-state index in [4.69, 9.17) is 0 Å². The molecule has 0 saturated heterocycles. The van der Waals surface area contributed by atoms with Crippen LogP contribution < -0.4 is 5.32 Å². The van der Waals surface area contributed by atoms with E-state index < -0.39 is 0 Å². The third-order valence-corrected chi connectivity index (χ3v) is 6.50. The van der Waals surface area contributed by atoms with Crippen LogP contribution in [0.3, 0.4) is 0 Å². The Kier molecular flexibility index (Phi) is 6.58. The number of thiophene rings is 1. The fraction of sp³-hybridized carbons (Fsp3) is 0.263. The van der Waals surface area contributed by atoms with Crippen LogP contribution in [0.15, 0.2) is 45.6 Å². The lowest BCUT2D eigenvalue weighted by molar-refractivity contribution is -0.120. The first-order chi connectivity index (χ1) is 12.5. The Balaban J connectivity index is 1.58. The van der Waals surface area contributed by atoms with E-state index in [9.17, 15) is 4.79 Å². The number of carbonyl (C=O) groups excluding carboxylic acids is 1. The predicted octanol–water partition coefficient (Wildman–Crippen LogP) is 4.55. The molecule has 0 aliphatic carbocycles. The molecule has 2 aromatic heterocycles. The van der Waals surface area contributed by atoms with Gasteiger partial charge in [0.25, 0.3) is 0 Å². The zero-order valence-corrected chi connectivity index (χ0v) is 17.9. The molecule has 0 aliphatic heterocycles. The summed E-state index contributed by atoms with van der Waals surface area (Å²) in [5.74, 6) is -0.00568. The lowest BCUT2D eigenvalue weighted by Crippen LogP contribution is -2.25. The van der Waals surface area contributed by atoms with Crippen molar-refractivity contribution in [3.05, 3.63) is 62.4 Å². The third kappa shape index (κ3) is 5.23. The summed E-state index contributed by atoms with van der Waals surface area (Å²) in [6.07, 6.45) is 0.304. The van der Waals surface area contributed by atoms with Gasteiger partial charge >= 0.3 is 0 Å². The lowest BCUT2D eigenvalue weighted by atomic mass is 10.1. The van der Waals surface area contributed by atoms with Crippen LogP contribution >= 0.6 is 38.6 Å². The van der Waals surface area contributed by atoms with Crippen LogP contribution in [0.1, 0.15) is 16.8 Å². The highest BCUT2D eigenvalue weighted by atomic mass is 79.9. The molecule has 0 atom stereocenters. The van der Waals surface area contributed by atoms with E-state index in [1.165, 1.54) is 5.56 Å². The Hall–Kier alpha value is -1.54. The van der Waals surface area contributed by atoms with Crippen molar-refractivity contribution in [3.63, 3.8) is 0 Å². The van der Waals surface area contributed by atoms with Crippen molar-refractivity contribution >= 4 is 44.5 Å². The molecule has 7 heteroatoms. The van der Waals surface area contributed by atoms with Crippen molar-refractivity contribution in [1.82, 2.24) is 15.2 Å². The molecule has 0 aliphatic rings. The summed E-state index contributed by atoms with van der Waals surface area (Å²) in [6, 6.07) is 10.3. The molecule has 0 saturated carbocycles. The first kappa shape index (κ1) is 19.2. The highest BCUT2D eigenvalue weighted by Gasteiger charge is 2.11. The van der Waals surface area contributed by atoms with Crippen LogP contribution in [0.2, 0.25) is 0 Å². The first-order valence-corrected chi connectivity index (χ1v) is 10.7. The fourth-order valence-electron chi connectivity index (χ4n) is 2.57. The van der Waals surface area contributed by atoms with Crippen LogP contribution in [0.25, 0.3) is 9.88 Å². The van der Waals surface area contributed by atoms with Gasteiger partial charge in [0.15, 0.2) is 0 Å².